The quantitative estimate of drug-likeness (QED) is 0.570. The fourth-order valence-corrected chi connectivity index (χ4v) is 2.01. The SMILES string of the molecule is Cl.N=C(N)c1cc(-c2ccon2)n(Cc2ccccc2F)n1. The summed E-state index contributed by atoms with van der Waals surface area (Å²) in [7, 11) is 0. The number of amidine groups is 1. The summed E-state index contributed by atoms with van der Waals surface area (Å²) in [4.78, 5) is 0. The highest BCUT2D eigenvalue weighted by molar-refractivity contribution is 5.94. The molecular formula is C14H13ClFN5O. The monoisotopic (exact) mass is 321 g/mol. The van der Waals surface area contributed by atoms with E-state index in [-0.39, 0.29) is 30.6 Å². The summed E-state index contributed by atoms with van der Waals surface area (Å²) in [5.41, 5.74) is 7.41. The van der Waals surface area contributed by atoms with Crippen molar-refractivity contribution in [2.75, 3.05) is 0 Å². The minimum atomic E-state index is -0.316. The highest BCUT2D eigenvalue weighted by atomic mass is 35.5. The predicted octanol–water partition coefficient (Wildman–Crippen LogP) is 2.43. The Morgan fingerprint density at radius 3 is 2.73 bits per heavy atom. The summed E-state index contributed by atoms with van der Waals surface area (Å²) in [6.07, 6.45) is 1.43. The van der Waals surface area contributed by atoms with Crippen LogP contribution in [-0.2, 0) is 6.54 Å². The Morgan fingerprint density at radius 1 is 1.32 bits per heavy atom. The van der Waals surface area contributed by atoms with Crippen molar-refractivity contribution in [3.8, 4) is 11.4 Å². The fraction of sp³-hybridized carbons (Fsp3) is 0.0714. The third kappa shape index (κ3) is 2.99. The van der Waals surface area contributed by atoms with E-state index < -0.39 is 0 Å². The minimum absolute atomic E-state index is 0. The van der Waals surface area contributed by atoms with Crippen molar-refractivity contribution < 1.29 is 8.91 Å². The zero-order valence-corrected chi connectivity index (χ0v) is 12.2. The summed E-state index contributed by atoms with van der Waals surface area (Å²) in [6.45, 7) is 0.210. The molecule has 1 aromatic carbocycles. The zero-order valence-electron chi connectivity index (χ0n) is 11.4. The van der Waals surface area contributed by atoms with E-state index in [0.29, 0.717) is 22.6 Å². The second-order valence-corrected chi connectivity index (χ2v) is 4.46. The molecule has 0 aliphatic rings. The lowest BCUT2D eigenvalue weighted by Gasteiger charge is -2.06. The predicted molar refractivity (Wildman–Crippen MR) is 81.5 cm³/mol. The van der Waals surface area contributed by atoms with Gasteiger partial charge in [0.1, 0.15) is 29.3 Å². The topological polar surface area (TPSA) is 93.7 Å². The zero-order chi connectivity index (χ0) is 14.8. The van der Waals surface area contributed by atoms with Crippen LogP contribution in [0.15, 0.2) is 47.2 Å². The number of rotatable bonds is 4. The molecule has 2 heterocycles. The molecule has 0 amide bonds. The van der Waals surface area contributed by atoms with Crippen molar-refractivity contribution in [3.05, 3.63) is 59.7 Å². The third-order valence-corrected chi connectivity index (χ3v) is 3.03. The fourth-order valence-electron chi connectivity index (χ4n) is 2.01. The maximum Gasteiger partial charge on any atom is 0.143 e. The summed E-state index contributed by atoms with van der Waals surface area (Å²) >= 11 is 0. The molecule has 6 nitrogen and oxygen atoms in total. The smallest absolute Gasteiger partial charge is 0.143 e. The lowest BCUT2D eigenvalue weighted by Crippen LogP contribution is -2.13. The van der Waals surface area contributed by atoms with Crippen LogP contribution in [-0.4, -0.2) is 20.8 Å². The second-order valence-electron chi connectivity index (χ2n) is 4.46. The second kappa shape index (κ2) is 6.40. The van der Waals surface area contributed by atoms with Gasteiger partial charge in [0.25, 0.3) is 0 Å². The largest absolute Gasteiger partial charge is 0.382 e. The number of nitrogen functional groups attached to an aromatic ring is 1. The van der Waals surface area contributed by atoms with Crippen molar-refractivity contribution in [1.29, 1.82) is 5.41 Å². The van der Waals surface area contributed by atoms with E-state index in [2.05, 4.69) is 10.3 Å². The molecule has 3 rings (SSSR count). The molecule has 0 saturated heterocycles. The summed E-state index contributed by atoms with van der Waals surface area (Å²) in [6, 6.07) is 9.74. The van der Waals surface area contributed by atoms with Crippen molar-refractivity contribution >= 4 is 18.2 Å². The Balaban J connectivity index is 0.00000176. The number of nitrogens with zero attached hydrogens (tertiary/aromatic N) is 3. The number of hydrogen-bond acceptors (Lipinski definition) is 4. The number of aromatic nitrogens is 3. The van der Waals surface area contributed by atoms with Crippen LogP contribution >= 0.6 is 12.4 Å². The Bertz CT molecular complexity index is 784. The Labute approximate surface area is 131 Å². The molecule has 8 heteroatoms. The van der Waals surface area contributed by atoms with Crippen molar-refractivity contribution in [1.82, 2.24) is 14.9 Å². The number of benzene rings is 1. The molecule has 0 radical (unpaired) electrons. The highest BCUT2D eigenvalue weighted by Gasteiger charge is 2.15. The van der Waals surface area contributed by atoms with Gasteiger partial charge in [-0.1, -0.05) is 23.4 Å². The molecular weight excluding hydrogens is 309 g/mol. The molecule has 0 aliphatic carbocycles. The van der Waals surface area contributed by atoms with Gasteiger partial charge in [-0.15, -0.1) is 12.4 Å². The molecule has 0 fully saturated rings. The summed E-state index contributed by atoms with van der Waals surface area (Å²) in [5.74, 6) is -0.476. The van der Waals surface area contributed by atoms with Gasteiger partial charge in [0, 0.05) is 11.6 Å². The first-order chi connectivity index (χ1) is 10.1. The molecule has 2 aromatic heterocycles. The van der Waals surface area contributed by atoms with Crippen molar-refractivity contribution in [2.45, 2.75) is 6.54 Å². The van der Waals surface area contributed by atoms with Crippen molar-refractivity contribution in [3.63, 3.8) is 0 Å². The highest BCUT2D eigenvalue weighted by Crippen LogP contribution is 2.20. The van der Waals surface area contributed by atoms with Crippen LogP contribution in [0.25, 0.3) is 11.4 Å². The van der Waals surface area contributed by atoms with E-state index in [0.717, 1.165) is 0 Å². The summed E-state index contributed by atoms with van der Waals surface area (Å²) in [5, 5.41) is 15.5. The molecule has 0 unspecified atom stereocenters. The van der Waals surface area contributed by atoms with E-state index in [9.17, 15) is 4.39 Å². The van der Waals surface area contributed by atoms with Gasteiger partial charge in [-0.25, -0.2) is 4.39 Å². The van der Waals surface area contributed by atoms with Crippen LogP contribution in [0.2, 0.25) is 0 Å². The van der Waals surface area contributed by atoms with Gasteiger partial charge in [0.05, 0.1) is 12.2 Å². The van der Waals surface area contributed by atoms with Gasteiger partial charge >= 0.3 is 0 Å². The minimum Gasteiger partial charge on any atom is -0.382 e. The van der Waals surface area contributed by atoms with Crippen LogP contribution < -0.4 is 5.73 Å². The first-order valence-electron chi connectivity index (χ1n) is 6.21. The van der Waals surface area contributed by atoms with Crippen LogP contribution in [0.5, 0.6) is 0 Å². The number of nitrogens with one attached hydrogen (secondary N) is 1. The number of halogens is 2. The lowest BCUT2D eigenvalue weighted by atomic mass is 10.2. The molecule has 0 bridgehead atoms. The number of nitrogens with two attached hydrogens (primary N) is 1. The van der Waals surface area contributed by atoms with E-state index in [1.165, 1.54) is 12.3 Å². The molecule has 114 valence electrons. The standard InChI is InChI=1S/C14H12FN5O.ClH/c15-10-4-2-1-3-9(10)8-20-13(11-5-6-21-19-11)7-12(18-20)14(16)17;/h1-7H,8H2,(H3,16,17);1H. The maximum atomic E-state index is 13.8. The van der Waals surface area contributed by atoms with E-state index in [1.807, 2.05) is 0 Å². The van der Waals surface area contributed by atoms with Gasteiger partial charge < -0.3 is 10.3 Å². The molecule has 0 atom stereocenters. The molecule has 3 N–H and O–H groups in total. The van der Waals surface area contributed by atoms with Crippen LogP contribution in [0.1, 0.15) is 11.3 Å². The van der Waals surface area contributed by atoms with Crippen LogP contribution in [0.4, 0.5) is 4.39 Å². The molecule has 22 heavy (non-hydrogen) atoms. The van der Waals surface area contributed by atoms with E-state index in [4.69, 9.17) is 15.7 Å². The van der Waals surface area contributed by atoms with Gasteiger partial charge in [-0.05, 0) is 12.1 Å². The number of hydrogen-bond donors (Lipinski definition) is 2. The van der Waals surface area contributed by atoms with E-state index >= 15 is 0 Å². The Kier molecular flexibility index (Phi) is 4.57. The van der Waals surface area contributed by atoms with Gasteiger partial charge in [-0.2, -0.15) is 5.10 Å². The van der Waals surface area contributed by atoms with Gasteiger partial charge in [-0.3, -0.25) is 10.1 Å². The lowest BCUT2D eigenvalue weighted by molar-refractivity contribution is 0.421. The first-order valence-corrected chi connectivity index (χ1v) is 6.21. The normalized spacial score (nSPS) is 10.2. The third-order valence-electron chi connectivity index (χ3n) is 3.03. The van der Waals surface area contributed by atoms with Gasteiger partial charge in [0.15, 0.2) is 0 Å². The molecule has 0 spiro atoms. The van der Waals surface area contributed by atoms with Gasteiger partial charge in [0.2, 0.25) is 0 Å². The Hall–Kier alpha value is -2.67. The summed E-state index contributed by atoms with van der Waals surface area (Å²) < 4.78 is 20.1. The van der Waals surface area contributed by atoms with Crippen molar-refractivity contribution in [2.24, 2.45) is 5.73 Å². The molecule has 0 aliphatic heterocycles. The maximum absolute atomic E-state index is 13.8. The van der Waals surface area contributed by atoms with Crippen LogP contribution in [0.3, 0.4) is 0 Å². The average molecular weight is 322 g/mol. The molecule has 0 saturated carbocycles. The van der Waals surface area contributed by atoms with E-state index in [1.54, 1.807) is 35.0 Å². The first kappa shape index (κ1) is 15.7. The van der Waals surface area contributed by atoms with Crippen LogP contribution in [0, 0.1) is 11.2 Å². The Morgan fingerprint density at radius 2 is 2.09 bits per heavy atom. The average Bonchev–Trinajstić information content (AvgIpc) is 3.10. The molecule has 3 aromatic rings.